The van der Waals surface area contributed by atoms with Gasteiger partial charge in [-0.15, -0.1) is 0 Å². The fraction of sp³-hybridized carbons (Fsp3) is 0.538. The molecule has 1 aliphatic rings. The highest BCUT2D eigenvalue weighted by Crippen LogP contribution is 2.28. The highest BCUT2D eigenvalue weighted by molar-refractivity contribution is 5.76. The van der Waals surface area contributed by atoms with Gasteiger partial charge < -0.3 is 11.1 Å². The lowest BCUT2D eigenvalue weighted by Crippen LogP contribution is -2.52. The maximum absolute atomic E-state index is 12.1. The van der Waals surface area contributed by atoms with Gasteiger partial charge in [-0.1, -0.05) is 12.8 Å². The maximum atomic E-state index is 12.1. The molecule has 114 valence electrons. The zero-order valence-electron chi connectivity index (χ0n) is 11.6. The van der Waals surface area contributed by atoms with Crippen LogP contribution in [0.2, 0.25) is 0 Å². The molecular formula is C13H18N4O4. The number of aromatic nitrogens is 1. The molecule has 1 heterocycles. The fourth-order valence-electron chi connectivity index (χ4n) is 2.67. The third kappa shape index (κ3) is 3.46. The number of rotatable bonds is 5. The first kappa shape index (κ1) is 15.2. The van der Waals surface area contributed by atoms with Gasteiger partial charge in [0.1, 0.15) is 6.54 Å². The molecule has 0 saturated heterocycles. The molecule has 0 bridgehead atoms. The normalized spacial score (nSPS) is 16.6. The van der Waals surface area contributed by atoms with Gasteiger partial charge in [-0.3, -0.25) is 24.3 Å². The van der Waals surface area contributed by atoms with Crippen molar-refractivity contribution >= 4 is 11.6 Å². The van der Waals surface area contributed by atoms with E-state index in [9.17, 15) is 19.7 Å². The minimum absolute atomic E-state index is 0.225. The van der Waals surface area contributed by atoms with Gasteiger partial charge in [0.25, 0.3) is 11.2 Å². The monoisotopic (exact) mass is 294 g/mol. The van der Waals surface area contributed by atoms with E-state index >= 15 is 0 Å². The molecule has 0 atom stereocenters. The van der Waals surface area contributed by atoms with Crippen molar-refractivity contribution in [3.05, 3.63) is 38.8 Å². The Bertz CT molecular complexity index is 604. The average molecular weight is 294 g/mol. The topological polar surface area (TPSA) is 120 Å². The summed E-state index contributed by atoms with van der Waals surface area (Å²) in [6, 6.07) is 2.20. The summed E-state index contributed by atoms with van der Waals surface area (Å²) >= 11 is 0. The number of hydrogen-bond donors (Lipinski definition) is 2. The number of carbonyl (C=O) groups is 1. The Morgan fingerprint density at radius 3 is 2.67 bits per heavy atom. The lowest BCUT2D eigenvalue weighted by molar-refractivity contribution is -0.385. The summed E-state index contributed by atoms with van der Waals surface area (Å²) < 4.78 is 1.03. The Morgan fingerprint density at radius 1 is 1.43 bits per heavy atom. The van der Waals surface area contributed by atoms with Gasteiger partial charge >= 0.3 is 0 Å². The molecule has 2 rings (SSSR count). The summed E-state index contributed by atoms with van der Waals surface area (Å²) in [6.45, 7) is 0.102. The van der Waals surface area contributed by atoms with E-state index in [-0.39, 0.29) is 18.1 Å². The standard InChI is InChI=1S/C13H18N4O4/c14-9-13(5-1-2-6-13)15-11(18)8-16-7-10(17(20)21)3-4-12(16)19/h3-4,7H,1-2,5-6,8-9,14H2,(H,15,18). The molecule has 1 amide bonds. The number of nitrogens with zero attached hydrogens (tertiary/aromatic N) is 2. The van der Waals surface area contributed by atoms with Crippen LogP contribution in [0.15, 0.2) is 23.1 Å². The van der Waals surface area contributed by atoms with Crippen LogP contribution < -0.4 is 16.6 Å². The Balaban J connectivity index is 2.11. The maximum Gasteiger partial charge on any atom is 0.285 e. The molecule has 0 aromatic carbocycles. The Kier molecular flexibility index (Phi) is 4.37. The van der Waals surface area contributed by atoms with Gasteiger partial charge in [-0.25, -0.2) is 0 Å². The molecule has 1 fully saturated rings. The van der Waals surface area contributed by atoms with Crippen molar-refractivity contribution in [2.45, 2.75) is 37.8 Å². The molecule has 8 nitrogen and oxygen atoms in total. The summed E-state index contributed by atoms with van der Waals surface area (Å²) in [5, 5.41) is 13.6. The predicted octanol–water partition coefficient (Wildman–Crippen LogP) is 0.144. The van der Waals surface area contributed by atoms with Crippen molar-refractivity contribution in [3.63, 3.8) is 0 Å². The second kappa shape index (κ2) is 6.04. The van der Waals surface area contributed by atoms with E-state index in [0.29, 0.717) is 6.54 Å². The molecule has 1 saturated carbocycles. The molecule has 1 aromatic rings. The van der Waals surface area contributed by atoms with E-state index in [1.165, 1.54) is 0 Å². The van der Waals surface area contributed by atoms with Crippen molar-refractivity contribution in [3.8, 4) is 0 Å². The van der Waals surface area contributed by atoms with E-state index in [0.717, 1.165) is 48.6 Å². The van der Waals surface area contributed by atoms with E-state index in [1.807, 2.05) is 0 Å². The summed E-state index contributed by atoms with van der Waals surface area (Å²) in [7, 11) is 0. The minimum atomic E-state index is -0.605. The molecule has 0 unspecified atom stereocenters. The van der Waals surface area contributed by atoms with E-state index < -0.39 is 16.0 Å². The van der Waals surface area contributed by atoms with E-state index in [1.54, 1.807) is 0 Å². The highest BCUT2D eigenvalue weighted by Gasteiger charge is 2.33. The molecule has 1 aliphatic carbocycles. The molecule has 0 spiro atoms. The number of pyridine rings is 1. The fourth-order valence-corrected chi connectivity index (χ4v) is 2.67. The smallest absolute Gasteiger partial charge is 0.285 e. The van der Waals surface area contributed by atoms with Gasteiger partial charge in [0, 0.05) is 18.7 Å². The van der Waals surface area contributed by atoms with Gasteiger partial charge in [0.15, 0.2) is 0 Å². The number of hydrogen-bond acceptors (Lipinski definition) is 5. The summed E-state index contributed by atoms with van der Waals surface area (Å²) in [4.78, 5) is 33.8. The number of nitrogens with two attached hydrogens (primary N) is 1. The van der Waals surface area contributed by atoms with Gasteiger partial charge in [0.05, 0.1) is 16.7 Å². The average Bonchev–Trinajstić information content (AvgIpc) is 2.90. The zero-order valence-corrected chi connectivity index (χ0v) is 11.6. The molecule has 0 radical (unpaired) electrons. The first-order chi connectivity index (χ1) is 9.96. The van der Waals surface area contributed by atoms with Crippen molar-refractivity contribution in [2.24, 2.45) is 5.73 Å². The Labute approximate surface area is 121 Å². The second-order valence-electron chi connectivity index (χ2n) is 5.35. The van der Waals surface area contributed by atoms with Crippen LogP contribution in [0.3, 0.4) is 0 Å². The summed E-state index contributed by atoms with van der Waals surface area (Å²) in [5.74, 6) is -0.357. The third-order valence-corrected chi connectivity index (χ3v) is 3.85. The van der Waals surface area contributed by atoms with Gasteiger partial charge in [-0.05, 0) is 12.8 Å². The van der Waals surface area contributed by atoms with Crippen LogP contribution in [0.25, 0.3) is 0 Å². The van der Waals surface area contributed by atoms with Crippen molar-refractivity contribution in [2.75, 3.05) is 6.54 Å². The summed E-state index contributed by atoms with van der Waals surface area (Å²) in [6.07, 6.45) is 4.73. The van der Waals surface area contributed by atoms with Crippen LogP contribution >= 0.6 is 0 Å². The molecule has 1 aromatic heterocycles. The van der Waals surface area contributed by atoms with Crippen LogP contribution in [0.5, 0.6) is 0 Å². The first-order valence-corrected chi connectivity index (χ1v) is 6.82. The van der Waals surface area contributed by atoms with Crippen molar-refractivity contribution in [1.82, 2.24) is 9.88 Å². The Hall–Kier alpha value is -2.22. The van der Waals surface area contributed by atoms with Crippen LogP contribution in [0.4, 0.5) is 5.69 Å². The largest absolute Gasteiger partial charge is 0.348 e. The molecule has 3 N–H and O–H groups in total. The zero-order chi connectivity index (χ0) is 15.5. The number of carbonyl (C=O) groups excluding carboxylic acids is 1. The number of amides is 1. The quantitative estimate of drug-likeness (QED) is 0.591. The van der Waals surface area contributed by atoms with E-state index in [4.69, 9.17) is 5.73 Å². The van der Waals surface area contributed by atoms with Crippen molar-refractivity contribution in [1.29, 1.82) is 0 Å². The van der Waals surface area contributed by atoms with Crippen LogP contribution in [-0.2, 0) is 11.3 Å². The molecule has 0 aliphatic heterocycles. The van der Waals surface area contributed by atoms with Crippen molar-refractivity contribution < 1.29 is 9.72 Å². The summed E-state index contributed by atoms with van der Waals surface area (Å²) in [5.41, 5.74) is 4.65. The highest BCUT2D eigenvalue weighted by atomic mass is 16.6. The minimum Gasteiger partial charge on any atom is -0.348 e. The SMILES string of the molecule is NCC1(NC(=O)Cn2cc([N+](=O)[O-])ccc2=O)CCCC1. The lowest BCUT2D eigenvalue weighted by Gasteiger charge is -2.28. The molecule has 8 heteroatoms. The molecule has 21 heavy (non-hydrogen) atoms. The van der Waals surface area contributed by atoms with E-state index in [2.05, 4.69) is 5.32 Å². The van der Waals surface area contributed by atoms with Crippen LogP contribution in [0, 0.1) is 10.1 Å². The number of nitro groups is 1. The van der Waals surface area contributed by atoms with Crippen LogP contribution in [0.1, 0.15) is 25.7 Å². The molecular weight excluding hydrogens is 276 g/mol. The predicted molar refractivity (Wildman–Crippen MR) is 75.8 cm³/mol. The van der Waals surface area contributed by atoms with Gasteiger partial charge in [-0.2, -0.15) is 0 Å². The Morgan fingerprint density at radius 2 is 2.10 bits per heavy atom. The van der Waals surface area contributed by atoms with Gasteiger partial charge in [0.2, 0.25) is 5.91 Å². The number of nitrogens with one attached hydrogen (secondary N) is 1. The third-order valence-electron chi connectivity index (χ3n) is 3.85. The lowest BCUT2D eigenvalue weighted by atomic mass is 9.98. The van der Waals surface area contributed by atoms with Crippen LogP contribution in [-0.4, -0.2) is 27.5 Å². The first-order valence-electron chi connectivity index (χ1n) is 6.82. The second-order valence-corrected chi connectivity index (χ2v) is 5.35.